The van der Waals surface area contributed by atoms with E-state index in [0.717, 1.165) is 0 Å². The normalized spacial score (nSPS) is 13.2. The van der Waals surface area contributed by atoms with Crippen LogP contribution in [-0.2, 0) is 24.0 Å². The maximum atomic E-state index is 12.3. The molecule has 3 atom stereocenters. The van der Waals surface area contributed by atoms with Gasteiger partial charge < -0.3 is 43.6 Å². The van der Waals surface area contributed by atoms with E-state index in [2.05, 4.69) is 26.3 Å². The number of aliphatic imine (C=N–C) groups is 1. The summed E-state index contributed by atoms with van der Waals surface area (Å²) in [6.45, 7) is 2.09. The van der Waals surface area contributed by atoms with E-state index in [0.29, 0.717) is 6.42 Å². The van der Waals surface area contributed by atoms with E-state index in [1.165, 1.54) is 13.8 Å². The van der Waals surface area contributed by atoms with Gasteiger partial charge in [-0.15, -0.1) is 0 Å². The largest absolute Gasteiger partial charge is 0.480 e. The smallest absolute Gasteiger partial charge is 0.325 e. The van der Waals surface area contributed by atoms with E-state index < -0.39 is 54.3 Å². The molecule has 0 fully saturated rings. The monoisotopic (exact) mass is 430 g/mol. The van der Waals surface area contributed by atoms with Crippen LogP contribution in [0.1, 0.15) is 26.7 Å². The first-order valence-corrected chi connectivity index (χ1v) is 9.13. The van der Waals surface area contributed by atoms with Crippen molar-refractivity contribution in [3.8, 4) is 0 Å². The van der Waals surface area contributed by atoms with E-state index in [9.17, 15) is 24.0 Å². The molecule has 0 saturated heterocycles. The van der Waals surface area contributed by atoms with E-state index in [1.807, 2.05) is 0 Å². The average Bonchev–Trinajstić information content (AvgIpc) is 2.67. The molecule has 0 aromatic heterocycles. The highest BCUT2D eigenvalue weighted by atomic mass is 16.4. The Morgan fingerprint density at radius 3 is 2.10 bits per heavy atom. The van der Waals surface area contributed by atoms with Crippen LogP contribution in [-0.4, -0.2) is 78.4 Å². The van der Waals surface area contributed by atoms with Gasteiger partial charge in [-0.05, 0) is 26.7 Å². The van der Waals surface area contributed by atoms with Crippen LogP contribution in [0, 0.1) is 0 Å². The first-order chi connectivity index (χ1) is 14.0. The van der Waals surface area contributed by atoms with Gasteiger partial charge >= 0.3 is 5.97 Å². The molecule has 0 aromatic rings. The summed E-state index contributed by atoms with van der Waals surface area (Å²) in [6, 6.07) is -3.11. The standard InChI is InChI=1S/C16H30N8O6/c1-8(13(27)23-9(2)15(29)30)22-12(26)7-21-14(28)10(24-11(25)6-17)4-3-5-20-16(18)19/h8-10H,3-7,17H2,1-2H3,(H,21,28)(H,22,26)(H,23,27)(H,24,25)(H,29,30)(H4,18,19,20)/t8-,9-,10-/m0/s1. The van der Waals surface area contributed by atoms with Crippen molar-refractivity contribution in [3.05, 3.63) is 0 Å². The minimum atomic E-state index is -1.22. The van der Waals surface area contributed by atoms with Gasteiger partial charge in [0.25, 0.3) is 0 Å². The molecule has 14 nitrogen and oxygen atoms in total. The topological polar surface area (TPSA) is 244 Å². The number of nitrogens with one attached hydrogen (secondary N) is 4. The fourth-order valence-corrected chi connectivity index (χ4v) is 2.07. The second-order valence-corrected chi connectivity index (χ2v) is 6.35. The number of hydrogen-bond acceptors (Lipinski definition) is 7. The van der Waals surface area contributed by atoms with Gasteiger partial charge in [-0.2, -0.15) is 0 Å². The average molecular weight is 430 g/mol. The Balaban J connectivity index is 4.63. The number of nitrogens with zero attached hydrogens (tertiary/aromatic N) is 1. The molecule has 14 heteroatoms. The highest BCUT2D eigenvalue weighted by Crippen LogP contribution is 1.99. The molecule has 0 rings (SSSR count). The predicted molar refractivity (Wildman–Crippen MR) is 107 cm³/mol. The summed E-state index contributed by atoms with van der Waals surface area (Å²) in [5.74, 6) is -3.89. The van der Waals surface area contributed by atoms with Gasteiger partial charge in [-0.1, -0.05) is 0 Å². The third kappa shape index (κ3) is 11.4. The van der Waals surface area contributed by atoms with Gasteiger partial charge in [0.05, 0.1) is 13.1 Å². The summed E-state index contributed by atoms with van der Waals surface area (Å²) in [6.07, 6.45) is 0.577. The van der Waals surface area contributed by atoms with E-state index in [1.54, 1.807) is 0 Å². The van der Waals surface area contributed by atoms with Crippen LogP contribution in [0.4, 0.5) is 0 Å². The lowest BCUT2D eigenvalue weighted by atomic mass is 10.1. The molecule has 0 aromatic carbocycles. The Hall–Kier alpha value is -3.42. The third-order valence-electron chi connectivity index (χ3n) is 3.71. The lowest BCUT2D eigenvalue weighted by molar-refractivity contribution is -0.141. The molecular formula is C16H30N8O6. The Kier molecular flexibility index (Phi) is 12.1. The third-order valence-corrected chi connectivity index (χ3v) is 3.71. The van der Waals surface area contributed by atoms with E-state index in [-0.39, 0.29) is 25.5 Å². The fourth-order valence-electron chi connectivity index (χ4n) is 2.07. The summed E-state index contributed by atoms with van der Waals surface area (Å²) in [7, 11) is 0. The first kappa shape index (κ1) is 26.6. The lowest BCUT2D eigenvalue weighted by Gasteiger charge is -2.19. The highest BCUT2D eigenvalue weighted by Gasteiger charge is 2.23. The molecule has 0 aliphatic rings. The zero-order valence-corrected chi connectivity index (χ0v) is 16.9. The Bertz CT molecular complexity index is 664. The van der Waals surface area contributed by atoms with Crippen molar-refractivity contribution in [2.45, 2.75) is 44.8 Å². The summed E-state index contributed by atoms with van der Waals surface area (Å²) in [5, 5.41) is 18.1. The molecule has 170 valence electrons. The quantitative estimate of drug-likeness (QED) is 0.0798. The second kappa shape index (κ2) is 13.7. The molecule has 11 N–H and O–H groups in total. The van der Waals surface area contributed by atoms with Gasteiger partial charge in [0, 0.05) is 6.54 Å². The molecule has 4 amide bonds. The zero-order valence-electron chi connectivity index (χ0n) is 16.9. The number of carboxylic acid groups (broad SMARTS) is 1. The van der Waals surface area contributed by atoms with Gasteiger partial charge in [-0.25, -0.2) is 0 Å². The molecule has 0 radical (unpaired) electrons. The second-order valence-electron chi connectivity index (χ2n) is 6.35. The van der Waals surface area contributed by atoms with Crippen LogP contribution in [0.15, 0.2) is 4.99 Å². The van der Waals surface area contributed by atoms with E-state index in [4.69, 9.17) is 22.3 Å². The number of guanidine groups is 1. The molecule has 30 heavy (non-hydrogen) atoms. The van der Waals surface area contributed by atoms with Crippen molar-refractivity contribution in [1.29, 1.82) is 0 Å². The fraction of sp³-hybridized carbons (Fsp3) is 0.625. The zero-order chi connectivity index (χ0) is 23.3. The minimum absolute atomic E-state index is 0.102. The van der Waals surface area contributed by atoms with Gasteiger partial charge in [-0.3, -0.25) is 29.0 Å². The summed E-state index contributed by atoms with van der Waals surface area (Å²) < 4.78 is 0. The van der Waals surface area contributed by atoms with Crippen LogP contribution < -0.4 is 38.5 Å². The number of aliphatic carboxylic acids is 1. The predicted octanol–water partition coefficient (Wildman–Crippen LogP) is -4.31. The number of amides is 4. The SMILES string of the molecule is C[C@H](NC(=O)[C@H](C)NC(=O)CNC(=O)[C@H](CCCN=C(N)N)NC(=O)CN)C(=O)O. The Morgan fingerprint density at radius 2 is 1.57 bits per heavy atom. The number of rotatable bonds is 13. The van der Waals surface area contributed by atoms with E-state index >= 15 is 0 Å². The highest BCUT2D eigenvalue weighted by molar-refractivity contribution is 5.93. The van der Waals surface area contributed by atoms with Crippen LogP contribution in [0.2, 0.25) is 0 Å². The van der Waals surface area contributed by atoms with Crippen molar-refractivity contribution in [2.75, 3.05) is 19.6 Å². The summed E-state index contributed by atoms with van der Waals surface area (Å²) in [4.78, 5) is 62.1. The number of carboxylic acids is 1. The maximum Gasteiger partial charge on any atom is 0.325 e. The first-order valence-electron chi connectivity index (χ1n) is 9.13. The molecule has 0 aliphatic carbocycles. The molecule has 0 bridgehead atoms. The Morgan fingerprint density at radius 1 is 0.933 bits per heavy atom. The Labute approximate surface area is 173 Å². The summed E-state index contributed by atoms with van der Waals surface area (Å²) >= 11 is 0. The molecular weight excluding hydrogens is 400 g/mol. The van der Waals surface area contributed by atoms with Crippen molar-refractivity contribution >= 4 is 35.6 Å². The number of hydrogen-bond donors (Lipinski definition) is 8. The van der Waals surface area contributed by atoms with Crippen molar-refractivity contribution in [1.82, 2.24) is 21.3 Å². The van der Waals surface area contributed by atoms with Crippen molar-refractivity contribution < 1.29 is 29.1 Å². The van der Waals surface area contributed by atoms with Crippen LogP contribution in [0.3, 0.4) is 0 Å². The van der Waals surface area contributed by atoms with Crippen LogP contribution in [0.5, 0.6) is 0 Å². The summed E-state index contributed by atoms with van der Waals surface area (Å²) in [5.41, 5.74) is 15.7. The molecule has 0 aliphatic heterocycles. The molecule has 0 unspecified atom stereocenters. The van der Waals surface area contributed by atoms with Gasteiger partial charge in [0.15, 0.2) is 5.96 Å². The molecule has 0 saturated carbocycles. The van der Waals surface area contributed by atoms with Crippen molar-refractivity contribution in [3.63, 3.8) is 0 Å². The number of carbonyl (C=O) groups excluding carboxylic acids is 4. The molecule has 0 heterocycles. The minimum Gasteiger partial charge on any atom is -0.480 e. The lowest BCUT2D eigenvalue weighted by Crippen LogP contribution is -2.53. The van der Waals surface area contributed by atoms with Gasteiger partial charge in [0.1, 0.15) is 18.1 Å². The number of carbonyl (C=O) groups is 5. The maximum absolute atomic E-state index is 12.3. The number of nitrogens with two attached hydrogens (primary N) is 3. The van der Waals surface area contributed by atoms with Gasteiger partial charge in [0.2, 0.25) is 23.6 Å². The van der Waals surface area contributed by atoms with Crippen molar-refractivity contribution in [2.24, 2.45) is 22.2 Å². The molecule has 0 spiro atoms. The van der Waals surface area contributed by atoms with Crippen LogP contribution in [0.25, 0.3) is 0 Å². The van der Waals surface area contributed by atoms with Crippen LogP contribution >= 0.6 is 0 Å².